The van der Waals surface area contributed by atoms with Crippen molar-refractivity contribution in [2.24, 2.45) is 0 Å². The van der Waals surface area contributed by atoms with Gasteiger partial charge in [0.2, 0.25) is 0 Å². The molecule has 0 spiro atoms. The Kier molecular flexibility index (Phi) is 5.23. The zero-order valence-corrected chi connectivity index (χ0v) is 14.1. The minimum absolute atomic E-state index is 0.324. The number of anilines is 1. The molecule has 0 aliphatic carbocycles. The highest BCUT2D eigenvalue weighted by Crippen LogP contribution is 2.25. The number of likely N-dealkylation sites (tertiary alicyclic amines) is 1. The molecule has 2 aromatic heterocycles. The maximum atomic E-state index is 5.63. The lowest BCUT2D eigenvalue weighted by molar-refractivity contribution is 0.0543. The van der Waals surface area contributed by atoms with Gasteiger partial charge in [-0.15, -0.1) is 11.3 Å². The van der Waals surface area contributed by atoms with Crippen LogP contribution in [0.15, 0.2) is 17.8 Å². The zero-order valence-electron chi connectivity index (χ0n) is 13.3. The number of hydrogen-bond donors (Lipinski definition) is 1. The quantitative estimate of drug-likeness (QED) is 0.887. The van der Waals surface area contributed by atoms with Crippen molar-refractivity contribution in [1.82, 2.24) is 14.9 Å². The third-order valence-corrected chi connectivity index (χ3v) is 4.87. The van der Waals surface area contributed by atoms with Gasteiger partial charge in [-0.1, -0.05) is 0 Å². The van der Waals surface area contributed by atoms with Crippen LogP contribution in [-0.4, -0.2) is 53.3 Å². The highest BCUT2D eigenvalue weighted by Gasteiger charge is 2.20. The molecular formula is C16H24N4OS. The van der Waals surface area contributed by atoms with E-state index in [1.165, 1.54) is 0 Å². The molecule has 3 heterocycles. The summed E-state index contributed by atoms with van der Waals surface area (Å²) in [4.78, 5) is 12.3. The lowest BCUT2D eigenvalue weighted by Gasteiger charge is -2.32. The Hall–Kier alpha value is -1.24. The lowest BCUT2D eigenvalue weighted by atomic mass is 10.1. The van der Waals surface area contributed by atoms with Crippen molar-refractivity contribution >= 4 is 27.4 Å². The second-order valence-corrected chi connectivity index (χ2v) is 6.94. The summed E-state index contributed by atoms with van der Waals surface area (Å²) in [5, 5.41) is 6.81. The average molecular weight is 320 g/mol. The van der Waals surface area contributed by atoms with E-state index in [1.807, 2.05) is 0 Å². The van der Waals surface area contributed by atoms with Gasteiger partial charge in [0.05, 0.1) is 18.1 Å². The molecule has 0 aromatic carbocycles. The van der Waals surface area contributed by atoms with Gasteiger partial charge in [0, 0.05) is 25.7 Å². The van der Waals surface area contributed by atoms with Crippen molar-refractivity contribution in [2.75, 3.05) is 31.6 Å². The molecule has 0 amide bonds. The lowest BCUT2D eigenvalue weighted by Crippen LogP contribution is -2.40. The number of ether oxygens (including phenoxy) is 1. The first kappa shape index (κ1) is 15.6. The monoisotopic (exact) mass is 320 g/mol. The van der Waals surface area contributed by atoms with Crippen LogP contribution < -0.4 is 5.32 Å². The molecule has 1 aliphatic rings. The first-order valence-corrected chi connectivity index (χ1v) is 8.89. The summed E-state index contributed by atoms with van der Waals surface area (Å²) < 4.78 is 5.63. The summed E-state index contributed by atoms with van der Waals surface area (Å²) in [6, 6.07) is 2.60. The van der Waals surface area contributed by atoms with Crippen molar-refractivity contribution < 1.29 is 4.74 Å². The van der Waals surface area contributed by atoms with Gasteiger partial charge in [-0.3, -0.25) is 0 Å². The van der Waals surface area contributed by atoms with Crippen molar-refractivity contribution in [1.29, 1.82) is 0 Å². The van der Waals surface area contributed by atoms with Crippen LogP contribution in [0.4, 0.5) is 5.82 Å². The van der Waals surface area contributed by atoms with E-state index in [0.717, 1.165) is 55.1 Å². The Morgan fingerprint density at radius 2 is 2.18 bits per heavy atom. The first-order valence-electron chi connectivity index (χ1n) is 8.01. The largest absolute Gasteiger partial charge is 0.377 e. The highest BCUT2D eigenvalue weighted by molar-refractivity contribution is 7.16. The van der Waals surface area contributed by atoms with Gasteiger partial charge in [0.1, 0.15) is 17.0 Å². The molecule has 6 heteroatoms. The summed E-state index contributed by atoms with van der Waals surface area (Å²) in [6.07, 6.45) is 4.28. The Morgan fingerprint density at radius 1 is 1.36 bits per heavy atom. The van der Waals surface area contributed by atoms with E-state index in [0.29, 0.717) is 12.1 Å². The molecule has 5 nitrogen and oxygen atoms in total. The van der Waals surface area contributed by atoms with Gasteiger partial charge in [-0.25, -0.2) is 9.97 Å². The molecule has 120 valence electrons. The van der Waals surface area contributed by atoms with Crippen LogP contribution in [0.25, 0.3) is 10.2 Å². The number of hydrogen-bond acceptors (Lipinski definition) is 6. The number of nitrogens with one attached hydrogen (secondary N) is 1. The number of nitrogens with zero attached hydrogens (tertiary/aromatic N) is 3. The van der Waals surface area contributed by atoms with E-state index in [9.17, 15) is 0 Å². The molecule has 22 heavy (non-hydrogen) atoms. The SMILES string of the molecule is CC(C)OCCN1CCC(Nc2ncnc3sccc23)CC1. The predicted octanol–water partition coefficient (Wildman–Crippen LogP) is 2.99. The van der Waals surface area contributed by atoms with Gasteiger partial charge < -0.3 is 15.0 Å². The Morgan fingerprint density at radius 3 is 2.95 bits per heavy atom. The van der Waals surface area contributed by atoms with Crippen LogP contribution in [0.1, 0.15) is 26.7 Å². The van der Waals surface area contributed by atoms with Crippen LogP contribution in [-0.2, 0) is 4.74 Å². The van der Waals surface area contributed by atoms with E-state index >= 15 is 0 Å². The maximum Gasteiger partial charge on any atom is 0.138 e. The van der Waals surface area contributed by atoms with Gasteiger partial charge in [0.15, 0.2) is 0 Å². The van der Waals surface area contributed by atoms with E-state index in [1.54, 1.807) is 17.7 Å². The standard InChI is InChI=1S/C16H24N4OS/c1-12(2)21-9-8-20-6-3-13(4-7-20)19-15-14-5-10-22-16(14)18-11-17-15/h5,10-13H,3-4,6-9H2,1-2H3,(H,17,18,19). The number of fused-ring (bicyclic) bond motifs is 1. The smallest absolute Gasteiger partial charge is 0.138 e. The second-order valence-electron chi connectivity index (χ2n) is 6.04. The fourth-order valence-electron chi connectivity index (χ4n) is 2.82. The number of piperidine rings is 1. The molecular weight excluding hydrogens is 296 g/mol. The van der Waals surface area contributed by atoms with Crippen LogP contribution in [0.2, 0.25) is 0 Å². The average Bonchev–Trinajstić information content (AvgIpc) is 2.98. The van der Waals surface area contributed by atoms with Crippen molar-refractivity contribution in [3.8, 4) is 0 Å². The molecule has 0 bridgehead atoms. The Balaban J connectivity index is 1.49. The number of rotatable bonds is 6. The van der Waals surface area contributed by atoms with Crippen molar-refractivity contribution in [3.63, 3.8) is 0 Å². The molecule has 2 aromatic rings. The topological polar surface area (TPSA) is 50.3 Å². The van der Waals surface area contributed by atoms with Crippen LogP contribution >= 0.6 is 11.3 Å². The first-order chi connectivity index (χ1) is 10.7. The molecule has 0 saturated carbocycles. The van der Waals surface area contributed by atoms with Crippen LogP contribution in [0.3, 0.4) is 0 Å². The highest BCUT2D eigenvalue weighted by atomic mass is 32.1. The van der Waals surface area contributed by atoms with Gasteiger partial charge >= 0.3 is 0 Å². The number of aromatic nitrogens is 2. The van der Waals surface area contributed by atoms with E-state index in [-0.39, 0.29) is 0 Å². The number of thiophene rings is 1. The van der Waals surface area contributed by atoms with Crippen LogP contribution in [0.5, 0.6) is 0 Å². The Bertz CT molecular complexity index is 593. The Labute approximate surface area is 135 Å². The molecule has 3 rings (SSSR count). The van der Waals surface area contributed by atoms with Crippen molar-refractivity contribution in [2.45, 2.75) is 38.8 Å². The molecule has 1 fully saturated rings. The summed E-state index contributed by atoms with van der Waals surface area (Å²) in [6.45, 7) is 8.28. The summed E-state index contributed by atoms with van der Waals surface area (Å²) in [5.41, 5.74) is 0. The molecule has 1 aliphatic heterocycles. The fourth-order valence-corrected chi connectivity index (χ4v) is 3.55. The second kappa shape index (κ2) is 7.35. The predicted molar refractivity (Wildman–Crippen MR) is 91.6 cm³/mol. The summed E-state index contributed by atoms with van der Waals surface area (Å²) in [5.74, 6) is 0.979. The third kappa shape index (κ3) is 3.94. The van der Waals surface area contributed by atoms with E-state index in [2.05, 4.69) is 45.5 Å². The third-order valence-electron chi connectivity index (χ3n) is 4.05. The summed E-state index contributed by atoms with van der Waals surface area (Å²) in [7, 11) is 0. The minimum atomic E-state index is 0.324. The normalized spacial score (nSPS) is 17.4. The molecule has 0 unspecified atom stereocenters. The minimum Gasteiger partial charge on any atom is -0.377 e. The van der Waals surface area contributed by atoms with Gasteiger partial charge in [-0.05, 0) is 38.1 Å². The van der Waals surface area contributed by atoms with Crippen LogP contribution in [0, 0.1) is 0 Å². The zero-order chi connectivity index (χ0) is 15.4. The van der Waals surface area contributed by atoms with Gasteiger partial charge in [0.25, 0.3) is 0 Å². The molecule has 1 N–H and O–H groups in total. The van der Waals surface area contributed by atoms with E-state index < -0.39 is 0 Å². The van der Waals surface area contributed by atoms with Gasteiger partial charge in [-0.2, -0.15) is 0 Å². The van der Waals surface area contributed by atoms with Crippen molar-refractivity contribution in [3.05, 3.63) is 17.8 Å². The van der Waals surface area contributed by atoms with E-state index in [4.69, 9.17) is 4.74 Å². The molecule has 1 saturated heterocycles. The molecule has 0 atom stereocenters. The summed E-state index contributed by atoms with van der Waals surface area (Å²) >= 11 is 1.66. The fraction of sp³-hybridized carbons (Fsp3) is 0.625. The maximum absolute atomic E-state index is 5.63. The molecule has 0 radical (unpaired) electrons.